The first kappa shape index (κ1) is 20.3. The molecule has 10 heteroatoms. The lowest BCUT2D eigenvalue weighted by Crippen LogP contribution is -2.04. The molecule has 30 heavy (non-hydrogen) atoms. The Kier molecular flexibility index (Phi) is 5.20. The highest BCUT2D eigenvalue weighted by Crippen LogP contribution is 2.44. The van der Waals surface area contributed by atoms with Crippen LogP contribution >= 0.6 is 27.3 Å². The number of ether oxygens (including phenoxy) is 2. The molecule has 0 atom stereocenters. The molecule has 7 nitrogen and oxygen atoms in total. The topological polar surface area (TPSA) is 102 Å². The van der Waals surface area contributed by atoms with Gasteiger partial charge in [0.05, 0.1) is 29.5 Å². The van der Waals surface area contributed by atoms with Crippen LogP contribution in [0.5, 0.6) is 5.75 Å². The van der Waals surface area contributed by atoms with E-state index in [4.69, 9.17) is 9.47 Å². The third-order valence-electron chi connectivity index (χ3n) is 4.48. The van der Waals surface area contributed by atoms with Crippen LogP contribution in [0.15, 0.2) is 28.7 Å². The molecule has 0 radical (unpaired) electrons. The molecular formula is C20H14BrFN2O5S. The minimum absolute atomic E-state index is 0.0453. The van der Waals surface area contributed by atoms with Gasteiger partial charge < -0.3 is 19.6 Å². The number of benzene rings is 2. The van der Waals surface area contributed by atoms with E-state index in [1.165, 1.54) is 19.2 Å². The molecule has 2 aromatic heterocycles. The van der Waals surface area contributed by atoms with E-state index in [2.05, 4.69) is 25.9 Å². The third kappa shape index (κ3) is 3.12. The van der Waals surface area contributed by atoms with Crippen LogP contribution in [0, 0.1) is 5.82 Å². The van der Waals surface area contributed by atoms with E-state index in [9.17, 15) is 19.1 Å². The molecule has 0 spiro atoms. The van der Waals surface area contributed by atoms with Crippen LogP contribution in [0.2, 0.25) is 0 Å². The molecule has 2 aromatic carbocycles. The Morgan fingerprint density at radius 2 is 2.07 bits per heavy atom. The summed E-state index contributed by atoms with van der Waals surface area (Å²) in [7, 11) is 1.35. The molecule has 0 bridgehead atoms. The molecule has 4 rings (SSSR count). The highest BCUT2D eigenvalue weighted by Gasteiger charge is 2.27. The summed E-state index contributed by atoms with van der Waals surface area (Å²) in [5.74, 6) is -1.87. The van der Waals surface area contributed by atoms with Crippen LogP contribution in [0.4, 0.5) is 4.39 Å². The van der Waals surface area contributed by atoms with Gasteiger partial charge in [0.15, 0.2) is 5.75 Å². The maximum Gasteiger partial charge on any atom is 0.349 e. The van der Waals surface area contributed by atoms with Gasteiger partial charge >= 0.3 is 11.9 Å². The molecular weight excluding hydrogens is 479 g/mol. The molecule has 0 aliphatic carbocycles. The molecule has 0 unspecified atom stereocenters. The number of H-pyrrole nitrogens is 1. The van der Waals surface area contributed by atoms with Gasteiger partial charge in [-0.15, -0.1) is 11.3 Å². The number of carbonyl (C=O) groups is 2. The number of carboxylic acids is 1. The van der Waals surface area contributed by atoms with Crippen LogP contribution in [0.25, 0.3) is 32.5 Å². The number of carboxylic acid groups (broad SMARTS) is 1. The summed E-state index contributed by atoms with van der Waals surface area (Å²) in [4.78, 5) is 31.9. The molecule has 0 saturated heterocycles. The second-order valence-corrected chi connectivity index (χ2v) is 8.07. The molecule has 0 aliphatic heterocycles. The van der Waals surface area contributed by atoms with E-state index >= 15 is 0 Å². The second-order valence-electron chi connectivity index (χ2n) is 6.19. The third-order valence-corrected chi connectivity index (χ3v) is 6.32. The minimum atomic E-state index is -1.16. The first-order valence-corrected chi connectivity index (χ1v) is 10.4. The van der Waals surface area contributed by atoms with Crippen LogP contribution in [-0.4, -0.2) is 40.7 Å². The molecule has 154 valence electrons. The van der Waals surface area contributed by atoms with E-state index in [-0.39, 0.29) is 38.8 Å². The number of esters is 1. The van der Waals surface area contributed by atoms with Crippen molar-refractivity contribution in [1.82, 2.24) is 9.97 Å². The number of hydrogen-bond acceptors (Lipinski definition) is 6. The maximum atomic E-state index is 14.5. The van der Waals surface area contributed by atoms with Gasteiger partial charge in [-0.1, -0.05) is 15.9 Å². The summed E-state index contributed by atoms with van der Waals surface area (Å²) < 4.78 is 25.8. The number of imidazole rings is 1. The van der Waals surface area contributed by atoms with Gasteiger partial charge in [0.2, 0.25) is 0 Å². The largest absolute Gasteiger partial charge is 0.493 e. The Morgan fingerprint density at radius 3 is 2.73 bits per heavy atom. The number of methoxy groups -OCH3 is 1. The van der Waals surface area contributed by atoms with Crippen molar-refractivity contribution in [3.63, 3.8) is 0 Å². The van der Waals surface area contributed by atoms with E-state index < -0.39 is 17.8 Å². The van der Waals surface area contributed by atoms with Gasteiger partial charge in [0, 0.05) is 9.86 Å². The standard InChI is InChI=1S/C20H14BrFN2O5S/c1-3-29-20(27)17-13(12-9(21)5-6-10(22)16(12)30-17)18-23-11-7-4-8(19(25)26)15(28-2)14(11)24-18/h4-7H,3H2,1-2H3,(H,23,24)(H,25,26). The Morgan fingerprint density at radius 1 is 1.30 bits per heavy atom. The first-order chi connectivity index (χ1) is 14.4. The van der Waals surface area contributed by atoms with Crippen molar-refractivity contribution in [3.8, 4) is 17.1 Å². The van der Waals surface area contributed by atoms with E-state index in [0.717, 1.165) is 11.3 Å². The molecule has 0 aliphatic rings. The van der Waals surface area contributed by atoms with Gasteiger partial charge in [0.1, 0.15) is 27.6 Å². The zero-order chi connectivity index (χ0) is 21.6. The van der Waals surface area contributed by atoms with Crippen molar-refractivity contribution < 1.29 is 28.6 Å². The SMILES string of the molecule is CCOC(=O)c1sc2c(F)ccc(Br)c2c1-c1nc2c(OC)c(C(=O)O)ccc2[nH]1. The van der Waals surface area contributed by atoms with Crippen molar-refractivity contribution in [2.75, 3.05) is 13.7 Å². The predicted molar refractivity (Wildman–Crippen MR) is 114 cm³/mol. The summed E-state index contributed by atoms with van der Waals surface area (Å²) in [6, 6.07) is 5.82. The van der Waals surface area contributed by atoms with Crippen molar-refractivity contribution in [3.05, 3.63) is 45.0 Å². The lowest BCUT2D eigenvalue weighted by molar-refractivity contribution is 0.0532. The van der Waals surface area contributed by atoms with E-state index in [1.807, 2.05) is 0 Å². The Bertz CT molecular complexity index is 1330. The summed E-state index contributed by atoms with van der Waals surface area (Å²) >= 11 is 4.40. The van der Waals surface area contributed by atoms with Gasteiger partial charge in [-0.05, 0) is 31.2 Å². The molecule has 4 aromatic rings. The number of aromatic nitrogens is 2. The molecule has 2 N–H and O–H groups in total. The van der Waals surface area contributed by atoms with Crippen molar-refractivity contribution in [1.29, 1.82) is 0 Å². The summed E-state index contributed by atoms with van der Waals surface area (Å²) in [5.41, 5.74) is 1.12. The number of rotatable bonds is 5. The molecule has 2 heterocycles. The Labute approximate surface area is 181 Å². The predicted octanol–water partition coefficient (Wildman–Crippen LogP) is 5.23. The van der Waals surface area contributed by atoms with Crippen LogP contribution in [-0.2, 0) is 4.74 Å². The zero-order valence-electron chi connectivity index (χ0n) is 15.7. The van der Waals surface area contributed by atoms with Gasteiger partial charge in [-0.25, -0.2) is 19.0 Å². The quantitative estimate of drug-likeness (QED) is 0.370. The van der Waals surface area contributed by atoms with Crippen molar-refractivity contribution >= 4 is 60.3 Å². The fourth-order valence-electron chi connectivity index (χ4n) is 3.24. The van der Waals surface area contributed by atoms with Crippen LogP contribution < -0.4 is 4.74 Å². The zero-order valence-corrected chi connectivity index (χ0v) is 18.1. The number of fused-ring (bicyclic) bond motifs is 2. The van der Waals surface area contributed by atoms with E-state index in [1.54, 1.807) is 19.1 Å². The number of carbonyl (C=O) groups excluding carboxylic acids is 1. The number of halogens is 2. The average Bonchev–Trinajstić information content (AvgIpc) is 3.32. The second kappa shape index (κ2) is 7.69. The van der Waals surface area contributed by atoms with Crippen molar-refractivity contribution in [2.45, 2.75) is 6.92 Å². The smallest absolute Gasteiger partial charge is 0.349 e. The average molecular weight is 493 g/mol. The monoisotopic (exact) mass is 492 g/mol. The van der Waals surface area contributed by atoms with Gasteiger partial charge in [-0.2, -0.15) is 0 Å². The molecule has 0 amide bonds. The number of nitrogens with one attached hydrogen (secondary N) is 1. The van der Waals surface area contributed by atoms with Gasteiger partial charge in [-0.3, -0.25) is 0 Å². The number of aromatic carboxylic acids is 1. The maximum absolute atomic E-state index is 14.5. The highest BCUT2D eigenvalue weighted by atomic mass is 79.9. The number of aromatic amines is 1. The lowest BCUT2D eigenvalue weighted by atomic mass is 10.1. The van der Waals surface area contributed by atoms with Crippen LogP contribution in [0.3, 0.4) is 0 Å². The van der Waals surface area contributed by atoms with Crippen LogP contribution in [0.1, 0.15) is 27.0 Å². The Hall–Kier alpha value is -2.98. The molecule has 0 saturated carbocycles. The van der Waals surface area contributed by atoms with Gasteiger partial charge in [0.25, 0.3) is 0 Å². The Balaban J connectivity index is 2.06. The summed E-state index contributed by atoms with van der Waals surface area (Å²) in [6.45, 7) is 1.84. The highest BCUT2D eigenvalue weighted by molar-refractivity contribution is 9.10. The van der Waals surface area contributed by atoms with Crippen molar-refractivity contribution in [2.24, 2.45) is 0 Å². The lowest BCUT2D eigenvalue weighted by Gasteiger charge is -2.04. The van der Waals surface area contributed by atoms with E-state index in [0.29, 0.717) is 20.9 Å². The number of nitrogens with zero attached hydrogens (tertiary/aromatic N) is 1. The summed E-state index contributed by atoms with van der Waals surface area (Å²) in [6.07, 6.45) is 0. The number of hydrogen-bond donors (Lipinski definition) is 2. The fourth-order valence-corrected chi connectivity index (χ4v) is 5.03. The first-order valence-electron chi connectivity index (χ1n) is 8.75. The fraction of sp³-hybridized carbons (Fsp3) is 0.150. The summed E-state index contributed by atoms with van der Waals surface area (Å²) in [5, 5.41) is 9.88. The molecule has 0 fully saturated rings. The normalized spacial score (nSPS) is 11.2. The minimum Gasteiger partial charge on any atom is -0.493 e. The number of thiophene rings is 1.